The molecule has 0 bridgehead atoms. The fourth-order valence-corrected chi connectivity index (χ4v) is 0.474. The second kappa shape index (κ2) is 5.97. The molecule has 5 N–H and O–H groups in total. The Morgan fingerprint density at radius 3 is 2.22 bits per heavy atom. The van der Waals surface area contributed by atoms with Crippen molar-refractivity contribution in [1.82, 2.24) is 10.2 Å². The molecule has 0 heterocycles. The minimum Gasteiger partial charge on any atom is -0.318 e. The summed E-state index contributed by atoms with van der Waals surface area (Å²) in [4.78, 5) is 1.91. The quantitative estimate of drug-likeness (QED) is 0.406. The van der Waals surface area contributed by atoms with Crippen molar-refractivity contribution in [2.45, 2.75) is 6.92 Å². The highest BCUT2D eigenvalue weighted by atomic mass is 15.3. The molecule has 0 aliphatic carbocycles. The molecule has 0 saturated heterocycles. The lowest BCUT2D eigenvalue weighted by atomic mass is 10.7. The first-order valence-electron chi connectivity index (χ1n) is 3.18. The molecule has 0 aromatic heterocycles. The van der Waals surface area contributed by atoms with Gasteiger partial charge in [0.1, 0.15) is 0 Å². The fraction of sp³-hybridized carbons (Fsp3) is 1.00. The third-order valence-corrected chi connectivity index (χ3v) is 1.10. The first-order chi connectivity index (χ1) is 4.35. The monoisotopic (exact) mass is 132 g/mol. The summed E-state index contributed by atoms with van der Waals surface area (Å²) >= 11 is 0. The Bertz CT molecular complexity index is 52.9. The number of nitrogens with zero attached hydrogens (tertiary/aromatic N) is 1. The first kappa shape index (κ1) is 8.84. The van der Waals surface area contributed by atoms with E-state index in [-0.39, 0.29) is 0 Å². The van der Waals surface area contributed by atoms with Crippen LogP contribution in [-0.4, -0.2) is 31.5 Å². The number of rotatable bonds is 5. The molecule has 4 nitrogen and oxygen atoms in total. The predicted molar refractivity (Wildman–Crippen MR) is 38.5 cm³/mol. The summed E-state index contributed by atoms with van der Waals surface area (Å²) in [6, 6.07) is 0. The van der Waals surface area contributed by atoms with E-state index in [1.54, 1.807) is 0 Å². The number of nitrogens with one attached hydrogen (secondary N) is 1. The highest BCUT2D eigenvalue weighted by Gasteiger charge is 1.94. The van der Waals surface area contributed by atoms with E-state index in [1.165, 1.54) is 0 Å². The van der Waals surface area contributed by atoms with Gasteiger partial charge in [-0.25, -0.2) is 0 Å². The van der Waals surface area contributed by atoms with E-state index in [2.05, 4.69) is 5.32 Å². The second-order valence-corrected chi connectivity index (χ2v) is 1.80. The van der Waals surface area contributed by atoms with Crippen LogP contribution >= 0.6 is 0 Å². The summed E-state index contributed by atoms with van der Waals surface area (Å²) in [5.41, 5.74) is 10.7. The molecule has 0 rings (SSSR count). The molecule has 0 fully saturated rings. The molecule has 0 saturated carbocycles. The highest BCUT2D eigenvalue weighted by molar-refractivity contribution is 4.46. The minimum absolute atomic E-state index is 0.517. The molecule has 0 amide bonds. The molecule has 56 valence electrons. The Hall–Kier alpha value is -0.160. The van der Waals surface area contributed by atoms with Crippen LogP contribution in [0, 0.1) is 0 Å². The summed E-state index contributed by atoms with van der Waals surface area (Å²) in [5.74, 6) is 0. The van der Waals surface area contributed by atoms with Gasteiger partial charge in [-0.05, 0) is 6.54 Å². The number of hydrogen-bond donors (Lipinski definition) is 3. The van der Waals surface area contributed by atoms with Crippen molar-refractivity contribution >= 4 is 0 Å². The maximum atomic E-state index is 5.33. The van der Waals surface area contributed by atoms with Crippen molar-refractivity contribution < 1.29 is 0 Å². The van der Waals surface area contributed by atoms with Gasteiger partial charge in [0, 0.05) is 13.3 Å². The third-order valence-electron chi connectivity index (χ3n) is 1.10. The van der Waals surface area contributed by atoms with Crippen LogP contribution in [-0.2, 0) is 0 Å². The Morgan fingerprint density at radius 2 is 1.89 bits per heavy atom. The molecule has 0 spiro atoms. The zero-order valence-corrected chi connectivity index (χ0v) is 5.93. The first-order valence-corrected chi connectivity index (χ1v) is 3.18. The Balaban J connectivity index is 3.09. The molecule has 0 aromatic carbocycles. The topological polar surface area (TPSA) is 67.3 Å². The lowest BCUT2D eigenvalue weighted by Gasteiger charge is -2.16. The fourth-order valence-electron chi connectivity index (χ4n) is 0.474. The Labute approximate surface area is 56.2 Å². The Kier molecular flexibility index (Phi) is 5.86. The van der Waals surface area contributed by atoms with Crippen molar-refractivity contribution in [3.63, 3.8) is 0 Å². The van der Waals surface area contributed by atoms with E-state index >= 15 is 0 Å². The summed E-state index contributed by atoms with van der Waals surface area (Å²) in [5, 5.41) is 3.12. The van der Waals surface area contributed by atoms with Gasteiger partial charge < -0.3 is 16.8 Å². The smallest absolute Gasteiger partial charge is 0.0504 e. The van der Waals surface area contributed by atoms with Crippen LogP contribution in [0.2, 0.25) is 0 Å². The molecule has 0 aromatic rings. The predicted octanol–water partition coefficient (Wildman–Crippen LogP) is -1.31. The van der Waals surface area contributed by atoms with Crippen LogP contribution in [0.4, 0.5) is 0 Å². The van der Waals surface area contributed by atoms with Crippen molar-refractivity contribution in [1.29, 1.82) is 0 Å². The summed E-state index contributed by atoms with van der Waals surface area (Å²) in [6.07, 6.45) is 0. The maximum absolute atomic E-state index is 5.33. The normalized spacial score (nSPS) is 10.7. The van der Waals surface area contributed by atoms with Gasteiger partial charge in [0.15, 0.2) is 0 Å². The number of nitrogens with two attached hydrogens (primary N) is 2. The maximum Gasteiger partial charge on any atom is 0.0504 e. The van der Waals surface area contributed by atoms with Gasteiger partial charge in [0.05, 0.1) is 6.67 Å². The molecule has 4 heteroatoms. The zero-order valence-electron chi connectivity index (χ0n) is 5.93. The molecule has 9 heavy (non-hydrogen) atoms. The van der Waals surface area contributed by atoms with Gasteiger partial charge in [-0.2, -0.15) is 0 Å². The van der Waals surface area contributed by atoms with Crippen LogP contribution in [0.1, 0.15) is 6.92 Å². The molecule has 0 unspecified atom stereocenters. The van der Waals surface area contributed by atoms with E-state index in [9.17, 15) is 0 Å². The van der Waals surface area contributed by atoms with Crippen LogP contribution < -0.4 is 16.8 Å². The minimum atomic E-state index is 0.517. The third kappa shape index (κ3) is 4.35. The molecule has 0 radical (unpaired) electrons. The van der Waals surface area contributed by atoms with Crippen molar-refractivity contribution in [2.24, 2.45) is 11.5 Å². The van der Waals surface area contributed by atoms with Crippen molar-refractivity contribution in [2.75, 3.05) is 26.6 Å². The van der Waals surface area contributed by atoms with Gasteiger partial charge in [0.25, 0.3) is 0 Å². The van der Waals surface area contributed by atoms with Crippen LogP contribution in [0.5, 0.6) is 0 Å². The molecular weight excluding hydrogens is 116 g/mol. The van der Waals surface area contributed by atoms with Gasteiger partial charge in [-0.15, -0.1) is 0 Å². The highest BCUT2D eigenvalue weighted by Crippen LogP contribution is 1.73. The van der Waals surface area contributed by atoms with E-state index < -0.39 is 0 Å². The summed E-state index contributed by atoms with van der Waals surface area (Å²) in [6.45, 7) is 4.82. The zero-order chi connectivity index (χ0) is 7.11. The largest absolute Gasteiger partial charge is 0.318 e. The molecule has 0 aliphatic heterocycles. The summed E-state index contributed by atoms with van der Waals surface area (Å²) in [7, 11) is 0. The van der Waals surface area contributed by atoms with Crippen molar-refractivity contribution in [3.8, 4) is 0 Å². The van der Waals surface area contributed by atoms with Gasteiger partial charge >= 0.3 is 0 Å². The standard InChI is InChI=1S/C5H16N4/c1-2-8-5-9(3-6)4-7/h8H,2-7H2,1H3. The van der Waals surface area contributed by atoms with E-state index in [4.69, 9.17) is 11.5 Å². The molecular formula is C5H16N4. The van der Waals surface area contributed by atoms with E-state index in [1.807, 2.05) is 11.8 Å². The average Bonchev–Trinajstić information content (AvgIpc) is 1.91. The average molecular weight is 132 g/mol. The molecule has 0 aliphatic rings. The second-order valence-electron chi connectivity index (χ2n) is 1.80. The SMILES string of the molecule is CCNCN(CN)CN. The van der Waals surface area contributed by atoms with Gasteiger partial charge in [-0.1, -0.05) is 6.92 Å². The molecule has 0 atom stereocenters. The van der Waals surface area contributed by atoms with Crippen LogP contribution in [0.25, 0.3) is 0 Å². The summed E-state index contributed by atoms with van der Waals surface area (Å²) < 4.78 is 0. The van der Waals surface area contributed by atoms with E-state index in [0.29, 0.717) is 13.3 Å². The van der Waals surface area contributed by atoms with Crippen molar-refractivity contribution in [3.05, 3.63) is 0 Å². The van der Waals surface area contributed by atoms with E-state index in [0.717, 1.165) is 13.2 Å². The van der Waals surface area contributed by atoms with Crippen LogP contribution in [0.3, 0.4) is 0 Å². The van der Waals surface area contributed by atoms with Gasteiger partial charge in [0.2, 0.25) is 0 Å². The lowest BCUT2D eigenvalue weighted by Crippen LogP contribution is -2.41. The lowest BCUT2D eigenvalue weighted by molar-refractivity contribution is 0.269. The van der Waals surface area contributed by atoms with Crippen LogP contribution in [0.15, 0.2) is 0 Å². The van der Waals surface area contributed by atoms with Gasteiger partial charge in [-0.3, -0.25) is 4.90 Å². The number of hydrogen-bond acceptors (Lipinski definition) is 4. The Morgan fingerprint density at radius 1 is 1.33 bits per heavy atom.